The van der Waals surface area contributed by atoms with Crippen LogP contribution >= 0.6 is 0 Å². The maximum atomic E-state index is 2.23. The molecule has 0 aliphatic heterocycles. The van der Waals surface area contributed by atoms with Crippen molar-refractivity contribution in [3.63, 3.8) is 0 Å². The first kappa shape index (κ1) is 8.60. The number of benzene rings is 2. The standard InChI is InChI=1S/C15H13/c1-11-10-12-6-2-3-8-14(12)15-9-5-4-7-13(11)15/h2-9H,10H2,1H3/q+1. The molecule has 0 N–H and O–H groups in total. The van der Waals surface area contributed by atoms with Gasteiger partial charge in [-0.2, -0.15) is 0 Å². The van der Waals surface area contributed by atoms with Crippen molar-refractivity contribution in [1.29, 1.82) is 0 Å². The van der Waals surface area contributed by atoms with Gasteiger partial charge < -0.3 is 0 Å². The van der Waals surface area contributed by atoms with E-state index in [1.54, 1.807) is 0 Å². The lowest BCUT2D eigenvalue weighted by Gasteiger charge is -2.17. The maximum Gasteiger partial charge on any atom is 0.140 e. The van der Waals surface area contributed by atoms with Crippen molar-refractivity contribution in [3.05, 3.63) is 65.6 Å². The summed E-state index contributed by atoms with van der Waals surface area (Å²) in [7, 11) is 0. The zero-order valence-electron chi connectivity index (χ0n) is 8.83. The second-order valence-electron chi connectivity index (χ2n) is 4.16. The molecule has 2 aromatic carbocycles. The SMILES string of the molecule is C[C+]1Cc2ccccc2-c2ccccc21. The maximum absolute atomic E-state index is 2.23. The summed E-state index contributed by atoms with van der Waals surface area (Å²) in [6.07, 6.45) is 1.09. The normalized spacial score (nSPS) is 13.3. The zero-order chi connectivity index (χ0) is 10.3. The van der Waals surface area contributed by atoms with E-state index in [0.29, 0.717) is 0 Å². The fraction of sp³-hybridized carbons (Fsp3) is 0.133. The van der Waals surface area contributed by atoms with Gasteiger partial charge in [-0.25, -0.2) is 0 Å². The van der Waals surface area contributed by atoms with E-state index in [4.69, 9.17) is 0 Å². The summed E-state index contributed by atoms with van der Waals surface area (Å²) >= 11 is 0. The smallest absolute Gasteiger partial charge is 0.0618 e. The van der Waals surface area contributed by atoms with Gasteiger partial charge in [0, 0.05) is 37.0 Å². The van der Waals surface area contributed by atoms with Crippen LogP contribution in [0.3, 0.4) is 0 Å². The van der Waals surface area contributed by atoms with Crippen LogP contribution in [-0.2, 0) is 6.42 Å². The third-order valence-corrected chi connectivity index (χ3v) is 3.15. The van der Waals surface area contributed by atoms with Gasteiger partial charge in [0.05, 0.1) is 5.56 Å². The summed E-state index contributed by atoms with van der Waals surface area (Å²) in [5.41, 5.74) is 5.65. The summed E-state index contributed by atoms with van der Waals surface area (Å²) in [6.45, 7) is 2.23. The van der Waals surface area contributed by atoms with E-state index in [1.165, 1.54) is 28.2 Å². The van der Waals surface area contributed by atoms with Crippen LogP contribution in [-0.4, -0.2) is 0 Å². The molecule has 0 unspecified atom stereocenters. The number of fused-ring (bicyclic) bond motifs is 3. The van der Waals surface area contributed by atoms with Gasteiger partial charge in [-0.1, -0.05) is 18.2 Å². The van der Waals surface area contributed by atoms with Gasteiger partial charge in [-0.15, -0.1) is 0 Å². The van der Waals surface area contributed by atoms with Crippen molar-refractivity contribution in [2.24, 2.45) is 0 Å². The Labute approximate surface area is 90.6 Å². The molecule has 0 radical (unpaired) electrons. The zero-order valence-corrected chi connectivity index (χ0v) is 8.83. The fourth-order valence-corrected chi connectivity index (χ4v) is 2.41. The van der Waals surface area contributed by atoms with Crippen molar-refractivity contribution < 1.29 is 0 Å². The topological polar surface area (TPSA) is 0 Å². The molecule has 0 fully saturated rings. The summed E-state index contributed by atoms with van der Waals surface area (Å²) in [4.78, 5) is 0. The van der Waals surface area contributed by atoms with E-state index in [1.807, 2.05) is 0 Å². The average Bonchev–Trinajstić information content (AvgIpc) is 2.30. The van der Waals surface area contributed by atoms with Crippen LogP contribution in [0.5, 0.6) is 0 Å². The fourth-order valence-electron chi connectivity index (χ4n) is 2.41. The van der Waals surface area contributed by atoms with Crippen LogP contribution in [0.4, 0.5) is 0 Å². The highest BCUT2D eigenvalue weighted by molar-refractivity contribution is 5.76. The molecule has 1 aliphatic carbocycles. The van der Waals surface area contributed by atoms with Gasteiger partial charge in [0.2, 0.25) is 0 Å². The molecule has 0 amide bonds. The lowest BCUT2D eigenvalue weighted by Crippen LogP contribution is -2.08. The molecule has 3 rings (SSSR count). The lowest BCUT2D eigenvalue weighted by atomic mass is 9.80. The summed E-state index contributed by atoms with van der Waals surface area (Å²) in [5, 5.41) is 0. The van der Waals surface area contributed by atoms with Gasteiger partial charge in [0.15, 0.2) is 0 Å². The Morgan fingerprint density at radius 1 is 0.867 bits per heavy atom. The molecule has 0 heterocycles. The van der Waals surface area contributed by atoms with E-state index in [9.17, 15) is 0 Å². The molecule has 0 spiro atoms. The van der Waals surface area contributed by atoms with E-state index >= 15 is 0 Å². The molecule has 1 aliphatic rings. The molecule has 0 saturated carbocycles. The second kappa shape index (κ2) is 3.16. The Balaban J connectivity index is 2.30. The highest BCUT2D eigenvalue weighted by atomic mass is 14.2. The quantitative estimate of drug-likeness (QED) is 0.557. The molecule has 0 aromatic heterocycles. The predicted molar refractivity (Wildman–Crippen MR) is 63.6 cm³/mol. The van der Waals surface area contributed by atoms with Crippen LogP contribution in [0.25, 0.3) is 11.1 Å². The first-order valence-electron chi connectivity index (χ1n) is 5.36. The number of hydrogen-bond acceptors (Lipinski definition) is 0. The first-order valence-corrected chi connectivity index (χ1v) is 5.36. The molecule has 72 valence electrons. The van der Waals surface area contributed by atoms with Crippen LogP contribution < -0.4 is 0 Å². The molecule has 0 heteroatoms. The first-order chi connectivity index (χ1) is 7.36. The van der Waals surface area contributed by atoms with Gasteiger partial charge >= 0.3 is 0 Å². The lowest BCUT2D eigenvalue weighted by molar-refractivity contribution is 0.976. The average molecular weight is 193 g/mol. The summed E-state index contributed by atoms with van der Waals surface area (Å²) in [6, 6.07) is 17.4. The van der Waals surface area contributed by atoms with Gasteiger partial charge in [0.1, 0.15) is 5.56 Å². The minimum Gasteiger partial charge on any atom is -0.0618 e. The number of rotatable bonds is 0. The monoisotopic (exact) mass is 193 g/mol. The molecular formula is C15H13+. The molecule has 15 heavy (non-hydrogen) atoms. The number of hydrogen-bond donors (Lipinski definition) is 0. The third kappa shape index (κ3) is 1.25. The highest BCUT2D eigenvalue weighted by Crippen LogP contribution is 2.38. The molecule has 0 nitrogen and oxygen atoms in total. The van der Waals surface area contributed by atoms with E-state index < -0.39 is 0 Å². The minimum absolute atomic E-state index is 1.09. The van der Waals surface area contributed by atoms with Crippen molar-refractivity contribution in [2.75, 3.05) is 0 Å². The molecule has 2 aromatic rings. The largest absolute Gasteiger partial charge is 0.140 e. The summed E-state index contributed by atoms with van der Waals surface area (Å²) < 4.78 is 0. The van der Waals surface area contributed by atoms with Crippen molar-refractivity contribution in [3.8, 4) is 11.1 Å². The molecule has 0 saturated heterocycles. The Bertz CT molecular complexity index is 497. The van der Waals surface area contributed by atoms with Crippen LogP contribution in [0.2, 0.25) is 0 Å². The van der Waals surface area contributed by atoms with Gasteiger partial charge in [-0.05, 0) is 23.8 Å². The molecule has 0 atom stereocenters. The Hall–Kier alpha value is -1.69. The second-order valence-corrected chi connectivity index (χ2v) is 4.16. The Morgan fingerprint density at radius 2 is 1.53 bits per heavy atom. The third-order valence-electron chi connectivity index (χ3n) is 3.15. The van der Waals surface area contributed by atoms with Crippen molar-refractivity contribution in [2.45, 2.75) is 13.3 Å². The van der Waals surface area contributed by atoms with Crippen LogP contribution in [0.1, 0.15) is 18.1 Å². The van der Waals surface area contributed by atoms with Crippen molar-refractivity contribution >= 4 is 0 Å². The highest BCUT2D eigenvalue weighted by Gasteiger charge is 2.27. The van der Waals surface area contributed by atoms with E-state index in [0.717, 1.165) is 6.42 Å². The molecule has 0 bridgehead atoms. The van der Waals surface area contributed by atoms with Crippen LogP contribution in [0, 0.1) is 5.92 Å². The van der Waals surface area contributed by atoms with Crippen molar-refractivity contribution in [1.82, 2.24) is 0 Å². The predicted octanol–water partition coefficient (Wildman–Crippen LogP) is 3.85. The van der Waals surface area contributed by atoms with Crippen LogP contribution in [0.15, 0.2) is 48.5 Å². The van der Waals surface area contributed by atoms with E-state index in [-0.39, 0.29) is 0 Å². The van der Waals surface area contributed by atoms with E-state index in [2.05, 4.69) is 55.5 Å². The van der Waals surface area contributed by atoms with Gasteiger partial charge in [0.25, 0.3) is 0 Å². The molecular weight excluding hydrogens is 180 g/mol. The minimum atomic E-state index is 1.09. The summed E-state index contributed by atoms with van der Waals surface area (Å²) in [5.74, 6) is 1.48. The Morgan fingerprint density at radius 3 is 2.40 bits per heavy atom. The Kier molecular flexibility index (Phi) is 1.81. The van der Waals surface area contributed by atoms with Gasteiger partial charge in [-0.3, -0.25) is 0 Å².